The Balaban J connectivity index is 1.99. The minimum Gasteiger partial charge on any atom is -0.399 e. The van der Waals surface area contributed by atoms with Crippen molar-refractivity contribution in [1.82, 2.24) is 14.5 Å². The van der Waals surface area contributed by atoms with E-state index < -0.39 is 0 Å². The summed E-state index contributed by atoms with van der Waals surface area (Å²) in [7, 11) is 3.82. The van der Waals surface area contributed by atoms with Gasteiger partial charge in [0.05, 0.1) is 24.0 Å². The van der Waals surface area contributed by atoms with Gasteiger partial charge in [0.25, 0.3) is 0 Å². The molecule has 0 aliphatic carbocycles. The Kier molecular flexibility index (Phi) is 4.17. The second kappa shape index (κ2) is 5.84. The van der Waals surface area contributed by atoms with E-state index in [1.807, 2.05) is 24.5 Å². The maximum atomic E-state index is 5.74. The summed E-state index contributed by atoms with van der Waals surface area (Å²) in [5.41, 5.74) is 8.58. The number of ether oxygens (including phenoxy) is 1. The van der Waals surface area contributed by atoms with Crippen LogP contribution in [0.3, 0.4) is 0 Å². The predicted molar refractivity (Wildman–Crippen MR) is 73.5 cm³/mol. The highest BCUT2D eigenvalue weighted by molar-refractivity contribution is 5.78. The molecule has 2 rings (SSSR count). The molecule has 0 amide bonds. The SMILES string of the molecule is COCCN(C)CCn1cnc2cc(N)ccc21. The molecule has 1 aromatic heterocycles. The zero-order valence-corrected chi connectivity index (χ0v) is 11.0. The summed E-state index contributed by atoms with van der Waals surface area (Å²) in [5, 5.41) is 0. The van der Waals surface area contributed by atoms with E-state index >= 15 is 0 Å². The fraction of sp³-hybridized carbons (Fsp3) is 0.462. The van der Waals surface area contributed by atoms with Gasteiger partial charge in [0.15, 0.2) is 0 Å². The molecule has 5 nitrogen and oxygen atoms in total. The molecule has 0 spiro atoms. The number of imidazole rings is 1. The molecular formula is C13H20N4O. The number of hydrogen-bond donors (Lipinski definition) is 1. The van der Waals surface area contributed by atoms with E-state index in [0.717, 1.165) is 43.0 Å². The van der Waals surface area contributed by atoms with E-state index in [2.05, 4.69) is 21.5 Å². The van der Waals surface area contributed by atoms with Gasteiger partial charge in [-0.2, -0.15) is 0 Å². The van der Waals surface area contributed by atoms with Crippen molar-refractivity contribution in [2.45, 2.75) is 6.54 Å². The number of nitrogens with two attached hydrogens (primary N) is 1. The highest BCUT2D eigenvalue weighted by Gasteiger charge is 2.04. The third kappa shape index (κ3) is 3.00. The van der Waals surface area contributed by atoms with E-state index in [1.165, 1.54) is 0 Å². The lowest BCUT2D eigenvalue weighted by Gasteiger charge is -2.16. The number of methoxy groups -OCH3 is 1. The van der Waals surface area contributed by atoms with Crippen molar-refractivity contribution < 1.29 is 4.74 Å². The van der Waals surface area contributed by atoms with Crippen LogP contribution < -0.4 is 5.73 Å². The van der Waals surface area contributed by atoms with Gasteiger partial charge in [-0.1, -0.05) is 0 Å². The topological polar surface area (TPSA) is 56.3 Å². The standard InChI is InChI=1S/C13H20N4O/c1-16(7-8-18-2)5-6-17-10-15-12-9-11(14)3-4-13(12)17/h3-4,9-10H,5-8,14H2,1-2H3. The van der Waals surface area contributed by atoms with Crippen molar-refractivity contribution in [3.05, 3.63) is 24.5 Å². The van der Waals surface area contributed by atoms with Crippen LogP contribution in [0, 0.1) is 0 Å². The predicted octanol–water partition coefficient (Wildman–Crippen LogP) is 1.20. The molecule has 5 heteroatoms. The van der Waals surface area contributed by atoms with E-state index in [1.54, 1.807) is 7.11 Å². The lowest BCUT2D eigenvalue weighted by atomic mass is 10.3. The van der Waals surface area contributed by atoms with Crippen LogP contribution in [0.25, 0.3) is 11.0 Å². The van der Waals surface area contributed by atoms with Crippen molar-refractivity contribution in [3.8, 4) is 0 Å². The zero-order chi connectivity index (χ0) is 13.0. The smallest absolute Gasteiger partial charge is 0.0958 e. The summed E-state index contributed by atoms with van der Waals surface area (Å²) in [4.78, 5) is 6.60. The third-order valence-electron chi connectivity index (χ3n) is 3.04. The highest BCUT2D eigenvalue weighted by Crippen LogP contribution is 2.15. The molecule has 2 aromatic rings. The maximum Gasteiger partial charge on any atom is 0.0958 e. The highest BCUT2D eigenvalue weighted by atomic mass is 16.5. The van der Waals surface area contributed by atoms with Gasteiger partial charge >= 0.3 is 0 Å². The lowest BCUT2D eigenvalue weighted by Crippen LogP contribution is -2.26. The van der Waals surface area contributed by atoms with Crippen molar-refractivity contribution in [2.75, 3.05) is 39.6 Å². The van der Waals surface area contributed by atoms with E-state index in [-0.39, 0.29) is 0 Å². The monoisotopic (exact) mass is 248 g/mol. The van der Waals surface area contributed by atoms with Gasteiger partial charge < -0.3 is 19.9 Å². The number of likely N-dealkylation sites (N-methyl/N-ethyl adjacent to an activating group) is 1. The molecule has 18 heavy (non-hydrogen) atoms. The first-order valence-corrected chi connectivity index (χ1v) is 6.08. The molecule has 1 aromatic carbocycles. The van der Waals surface area contributed by atoms with Crippen molar-refractivity contribution >= 4 is 16.7 Å². The number of fused-ring (bicyclic) bond motifs is 1. The number of nitrogens with zero attached hydrogens (tertiary/aromatic N) is 3. The van der Waals surface area contributed by atoms with Crippen molar-refractivity contribution in [1.29, 1.82) is 0 Å². The minimum absolute atomic E-state index is 0.755. The molecule has 0 unspecified atom stereocenters. The number of nitrogen functional groups attached to an aromatic ring is 1. The number of rotatable bonds is 6. The van der Waals surface area contributed by atoms with Crippen LogP contribution in [0.4, 0.5) is 5.69 Å². The molecule has 98 valence electrons. The molecule has 1 heterocycles. The van der Waals surface area contributed by atoms with Gasteiger partial charge in [0, 0.05) is 32.4 Å². The Morgan fingerprint density at radius 3 is 3.00 bits per heavy atom. The van der Waals surface area contributed by atoms with Gasteiger partial charge in [0.2, 0.25) is 0 Å². The van der Waals surface area contributed by atoms with Crippen molar-refractivity contribution in [3.63, 3.8) is 0 Å². The summed E-state index contributed by atoms with van der Waals surface area (Å²) in [6, 6.07) is 5.84. The van der Waals surface area contributed by atoms with E-state index in [0.29, 0.717) is 0 Å². The molecule has 0 fully saturated rings. The molecule has 0 radical (unpaired) electrons. The normalized spacial score (nSPS) is 11.5. The van der Waals surface area contributed by atoms with Gasteiger partial charge in [0.1, 0.15) is 0 Å². The Hall–Kier alpha value is -1.59. The van der Waals surface area contributed by atoms with Crippen LogP contribution in [-0.2, 0) is 11.3 Å². The summed E-state index contributed by atoms with van der Waals surface area (Å²) in [6.45, 7) is 3.59. The molecule has 0 saturated heterocycles. The van der Waals surface area contributed by atoms with Crippen LogP contribution in [0.2, 0.25) is 0 Å². The van der Waals surface area contributed by atoms with Gasteiger partial charge in [-0.05, 0) is 25.2 Å². The Morgan fingerprint density at radius 1 is 1.39 bits per heavy atom. The Morgan fingerprint density at radius 2 is 2.22 bits per heavy atom. The summed E-state index contributed by atoms with van der Waals surface area (Å²) in [5.74, 6) is 0. The van der Waals surface area contributed by atoms with Gasteiger partial charge in [-0.3, -0.25) is 0 Å². The summed E-state index contributed by atoms with van der Waals surface area (Å²) in [6.07, 6.45) is 1.87. The molecule has 0 aliphatic rings. The average Bonchev–Trinajstić information content (AvgIpc) is 2.76. The number of benzene rings is 1. The second-order valence-corrected chi connectivity index (χ2v) is 4.48. The largest absolute Gasteiger partial charge is 0.399 e. The lowest BCUT2D eigenvalue weighted by molar-refractivity contribution is 0.159. The number of aromatic nitrogens is 2. The molecule has 0 aliphatic heterocycles. The summed E-state index contributed by atoms with van der Waals surface area (Å²) < 4.78 is 7.21. The van der Waals surface area contributed by atoms with Crippen LogP contribution in [-0.4, -0.2) is 48.3 Å². The average molecular weight is 248 g/mol. The first-order valence-electron chi connectivity index (χ1n) is 6.08. The zero-order valence-electron chi connectivity index (χ0n) is 11.0. The maximum absolute atomic E-state index is 5.74. The Bertz CT molecular complexity index is 509. The van der Waals surface area contributed by atoms with E-state index in [9.17, 15) is 0 Å². The van der Waals surface area contributed by atoms with Gasteiger partial charge in [-0.15, -0.1) is 0 Å². The quantitative estimate of drug-likeness (QED) is 0.780. The van der Waals surface area contributed by atoms with E-state index in [4.69, 9.17) is 10.5 Å². The molecule has 0 atom stereocenters. The van der Waals surface area contributed by atoms with Crippen molar-refractivity contribution in [2.24, 2.45) is 0 Å². The van der Waals surface area contributed by atoms with Crippen LogP contribution in [0.15, 0.2) is 24.5 Å². The first-order chi connectivity index (χ1) is 8.70. The second-order valence-electron chi connectivity index (χ2n) is 4.48. The number of anilines is 1. The third-order valence-corrected chi connectivity index (χ3v) is 3.04. The van der Waals surface area contributed by atoms with Crippen LogP contribution in [0.1, 0.15) is 0 Å². The Labute approximate surface area is 107 Å². The van der Waals surface area contributed by atoms with Crippen LogP contribution in [0.5, 0.6) is 0 Å². The molecular weight excluding hydrogens is 228 g/mol. The molecule has 2 N–H and O–H groups in total. The van der Waals surface area contributed by atoms with Crippen LogP contribution >= 0.6 is 0 Å². The number of hydrogen-bond acceptors (Lipinski definition) is 4. The molecule has 0 bridgehead atoms. The molecule has 0 saturated carbocycles. The summed E-state index contributed by atoms with van der Waals surface area (Å²) >= 11 is 0. The first kappa shape index (κ1) is 12.9. The fourth-order valence-corrected chi connectivity index (χ4v) is 1.90. The minimum atomic E-state index is 0.755. The fourth-order valence-electron chi connectivity index (χ4n) is 1.90. The van der Waals surface area contributed by atoms with Gasteiger partial charge in [-0.25, -0.2) is 4.98 Å².